The molecular weight excluding hydrogens is 558 g/mol. The number of esters is 1. The number of carbonyl (C=O) groups is 4. The molecule has 2 atom stereocenters. The first-order chi connectivity index (χ1) is 21.3. The van der Waals surface area contributed by atoms with E-state index in [0.29, 0.717) is 0 Å². The zero-order chi connectivity index (χ0) is 31.1. The standard InChI is InChI=1S/C35H39N3O6/c1-22(2)32(34(41)36-20-31(39)44-24-13-10-14-24)38-33(40)30(19-23-11-4-3-5-12-23)37-35(42)43-21-29-27-17-8-6-15-25(27)26-16-7-9-18-28(26)29/h3-9,11-12,15-18,22,24,29-30,32H,10,13-14,19-21H2,1-2H3,(H,36,41)(H,37,42)(H,38,40). The van der Waals surface area contributed by atoms with Crippen molar-refractivity contribution in [2.75, 3.05) is 13.2 Å². The molecule has 0 saturated heterocycles. The summed E-state index contributed by atoms with van der Waals surface area (Å²) in [6, 6.07) is 23.5. The minimum Gasteiger partial charge on any atom is -0.461 e. The molecule has 3 amide bonds. The van der Waals surface area contributed by atoms with Gasteiger partial charge in [0.2, 0.25) is 11.8 Å². The maximum atomic E-state index is 13.6. The molecule has 3 aromatic rings. The normalized spacial score (nSPS) is 15.2. The van der Waals surface area contributed by atoms with Crippen LogP contribution in [-0.2, 0) is 30.3 Å². The predicted molar refractivity (Wildman–Crippen MR) is 166 cm³/mol. The highest BCUT2D eigenvalue weighted by molar-refractivity contribution is 5.92. The minimum absolute atomic E-state index is 0.0808. The molecule has 0 aliphatic heterocycles. The molecule has 44 heavy (non-hydrogen) atoms. The van der Waals surface area contributed by atoms with Gasteiger partial charge >= 0.3 is 12.1 Å². The topological polar surface area (TPSA) is 123 Å². The maximum Gasteiger partial charge on any atom is 0.407 e. The number of benzene rings is 3. The minimum atomic E-state index is -1.01. The van der Waals surface area contributed by atoms with E-state index in [1.807, 2.05) is 66.7 Å². The number of amides is 3. The second-order valence-electron chi connectivity index (χ2n) is 11.7. The molecule has 1 saturated carbocycles. The van der Waals surface area contributed by atoms with Crippen molar-refractivity contribution in [3.8, 4) is 11.1 Å². The van der Waals surface area contributed by atoms with Gasteiger partial charge in [-0.3, -0.25) is 14.4 Å². The van der Waals surface area contributed by atoms with Gasteiger partial charge in [-0.15, -0.1) is 0 Å². The molecule has 2 aliphatic rings. The summed E-state index contributed by atoms with van der Waals surface area (Å²) in [5.74, 6) is -1.95. The van der Waals surface area contributed by atoms with Crippen LogP contribution in [0.3, 0.4) is 0 Å². The molecule has 0 spiro atoms. The van der Waals surface area contributed by atoms with Gasteiger partial charge in [0, 0.05) is 12.3 Å². The number of fused-ring (bicyclic) bond motifs is 3. The Kier molecular flexibility index (Phi) is 9.94. The summed E-state index contributed by atoms with van der Waals surface area (Å²) in [4.78, 5) is 51.8. The number of rotatable bonds is 12. The van der Waals surface area contributed by atoms with Crippen LogP contribution in [-0.4, -0.2) is 55.2 Å². The van der Waals surface area contributed by atoms with E-state index in [-0.39, 0.29) is 37.5 Å². The van der Waals surface area contributed by atoms with Crippen molar-refractivity contribution in [3.05, 3.63) is 95.6 Å². The van der Waals surface area contributed by atoms with Crippen LogP contribution in [0, 0.1) is 5.92 Å². The third kappa shape index (κ3) is 7.45. The largest absolute Gasteiger partial charge is 0.461 e. The number of nitrogens with one attached hydrogen (secondary N) is 3. The Hall–Kier alpha value is -4.66. The molecule has 0 aromatic heterocycles. The van der Waals surface area contributed by atoms with Gasteiger partial charge in [0.1, 0.15) is 31.3 Å². The number of hydrogen-bond donors (Lipinski definition) is 3. The summed E-state index contributed by atoms with van der Waals surface area (Å²) in [6.07, 6.45) is 2.08. The summed E-state index contributed by atoms with van der Waals surface area (Å²) < 4.78 is 11.0. The Morgan fingerprint density at radius 2 is 1.41 bits per heavy atom. The molecule has 9 nitrogen and oxygen atoms in total. The fourth-order valence-corrected chi connectivity index (χ4v) is 5.62. The van der Waals surface area contributed by atoms with Crippen LogP contribution in [0.2, 0.25) is 0 Å². The quantitative estimate of drug-likeness (QED) is 0.265. The molecule has 3 aromatic carbocycles. The monoisotopic (exact) mass is 597 g/mol. The molecule has 2 aliphatic carbocycles. The van der Waals surface area contributed by atoms with Gasteiger partial charge in [-0.25, -0.2) is 4.79 Å². The van der Waals surface area contributed by atoms with E-state index < -0.39 is 36.0 Å². The average molecular weight is 598 g/mol. The Bertz CT molecular complexity index is 1440. The van der Waals surface area contributed by atoms with Crippen LogP contribution in [0.1, 0.15) is 55.7 Å². The van der Waals surface area contributed by atoms with E-state index in [1.54, 1.807) is 13.8 Å². The van der Waals surface area contributed by atoms with E-state index in [1.165, 1.54) is 0 Å². The third-order valence-corrected chi connectivity index (χ3v) is 8.24. The lowest BCUT2D eigenvalue weighted by Crippen LogP contribution is -2.56. The maximum absolute atomic E-state index is 13.6. The number of hydrogen-bond acceptors (Lipinski definition) is 6. The Morgan fingerprint density at radius 3 is 2.00 bits per heavy atom. The Labute approximate surface area is 257 Å². The highest BCUT2D eigenvalue weighted by atomic mass is 16.6. The number of alkyl carbamates (subject to hydrolysis) is 1. The predicted octanol–water partition coefficient (Wildman–Crippen LogP) is 4.49. The smallest absolute Gasteiger partial charge is 0.407 e. The molecule has 230 valence electrons. The van der Waals surface area contributed by atoms with E-state index in [9.17, 15) is 19.2 Å². The van der Waals surface area contributed by atoms with Gasteiger partial charge in [-0.2, -0.15) is 0 Å². The van der Waals surface area contributed by atoms with Gasteiger partial charge in [0.25, 0.3) is 0 Å². The summed E-state index contributed by atoms with van der Waals surface area (Å²) >= 11 is 0. The van der Waals surface area contributed by atoms with E-state index in [4.69, 9.17) is 9.47 Å². The fraction of sp³-hybridized carbons (Fsp3) is 0.371. The first kappa shape index (κ1) is 30.8. The van der Waals surface area contributed by atoms with Crippen LogP contribution in [0.15, 0.2) is 78.9 Å². The molecule has 1 fully saturated rings. The van der Waals surface area contributed by atoms with E-state index in [0.717, 1.165) is 47.1 Å². The first-order valence-electron chi connectivity index (χ1n) is 15.2. The van der Waals surface area contributed by atoms with Crippen LogP contribution in [0.25, 0.3) is 11.1 Å². The first-order valence-corrected chi connectivity index (χ1v) is 15.2. The van der Waals surface area contributed by atoms with Crippen molar-refractivity contribution in [1.29, 1.82) is 0 Å². The molecule has 3 N–H and O–H groups in total. The summed E-state index contributed by atoms with van der Waals surface area (Å²) in [5, 5.41) is 8.08. The lowest BCUT2D eigenvalue weighted by atomic mass is 9.96. The SMILES string of the molecule is CC(C)C(NC(=O)C(Cc1ccccc1)NC(=O)OCC1c2ccccc2-c2ccccc21)C(=O)NCC(=O)OC1CCC1. The zero-order valence-corrected chi connectivity index (χ0v) is 25.1. The highest BCUT2D eigenvalue weighted by Crippen LogP contribution is 2.44. The van der Waals surface area contributed by atoms with Gasteiger partial charge < -0.3 is 25.4 Å². The second-order valence-corrected chi connectivity index (χ2v) is 11.7. The summed E-state index contributed by atoms with van der Waals surface area (Å²) in [6.45, 7) is 3.41. The molecular formula is C35H39N3O6. The van der Waals surface area contributed by atoms with Crippen LogP contribution in [0.5, 0.6) is 0 Å². The highest BCUT2D eigenvalue weighted by Gasteiger charge is 2.32. The number of carbonyl (C=O) groups excluding carboxylic acids is 4. The Morgan fingerprint density at radius 1 is 0.795 bits per heavy atom. The molecule has 0 radical (unpaired) electrons. The lowest BCUT2D eigenvalue weighted by Gasteiger charge is -2.26. The van der Waals surface area contributed by atoms with E-state index in [2.05, 4.69) is 28.1 Å². The second kappa shape index (κ2) is 14.2. The van der Waals surface area contributed by atoms with Gasteiger partial charge in [-0.1, -0.05) is 92.7 Å². The average Bonchev–Trinajstić information content (AvgIpc) is 3.33. The fourth-order valence-electron chi connectivity index (χ4n) is 5.62. The molecule has 5 rings (SSSR count). The van der Waals surface area contributed by atoms with Gasteiger partial charge in [0.15, 0.2) is 0 Å². The van der Waals surface area contributed by atoms with Gasteiger partial charge in [-0.05, 0) is 53.0 Å². The van der Waals surface area contributed by atoms with Crippen molar-refractivity contribution in [1.82, 2.24) is 16.0 Å². The van der Waals surface area contributed by atoms with E-state index >= 15 is 0 Å². The molecule has 0 heterocycles. The molecule has 2 unspecified atom stereocenters. The van der Waals surface area contributed by atoms with Crippen molar-refractivity contribution < 1.29 is 28.7 Å². The van der Waals surface area contributed by atoms with Crippen molar-refractivity contribution in [2.24, 2.45) is 5.92 Å². The van der Waals surface area contributed by atoms with Gasteiger partial charge in [0.05, 0.1) is 0 Å². The summed E-state index contributed by atoms with van der Waals surface area (Å²) in [5.41, 5.74) is 5.24. The lowest BCUT2D eigenvalue weighted by molar-refractivity contribution is -0.152. The Balaban J connectivity index is 1.23. The van der Waals surface area contributed by atoms with Crippen LogP contribution >= 0.6 is 0 Å². The molecule has 0 bridgehead atoms. The van der Waals surface area contributed by atoms with Crippen molar-refractivity contribution in [2.45, 2.75) is 63.6 Å². The van der Waals surface area contributed by atoms with Crippen LogP contribution < -0.4 is 16.0 Å². The summed E-state index contributed by atoms with van der Waals surface area (Å²) in [7, 11) is 0. The van der Waals surface area contributed by atoms with Crippen LogP contribution in [0.4, 0.5) is 4.79 Å². The molecule has 9 heteroatoms. The third-order valence-electron chi connectivity index (χ3n) is 8.24. The van der Waals surface area contributed by atoms with Crippen molar-refractivity contribution >= 4 is 23.9 Å². The number of ether oxygens (including phenoxy) is 2. The zero-order valence-electron chi connectivity index (χ0n) is 25.1. The van der Waals surface area contributed by atoms with Crippen molar-refractivity contribution in [3.63, 3.8) is 0 Å².